The molecule has 0 amide bonds. The summed E-state index contributed by atoms with van der Waals surface area (Å²) in [7, 11) is 0. The van der Waals surface area contributed by atoms with Crippen LogP contribution >= 0.6 is 39.1 Å². The fourth-order valence-corrected chi connectivity index (χ4v) is 3.00. The van der Waals surface area contributed by atoms with Gasteiger partial charge in [0.2, 0.25) is 0 Å². The smallest absolute Gasteiger partial charge is 0.0468 e. The van der Waals surface area contributed by atoms with E-state index < -0.39 is 0 Å². The van der Waals surface area contributed by atoms with E-state index in [1.807, 2.05) is 30.3 Å². The van der Waals surface area contributed by atoms with E-state index in [2.05, 4.69) is 33.2 Å². The maximum atomic E-state index is 6.30. The van der Waals surface area contributed by atoms with Gasteiger partial charge in [0.1, 0.15) is 0 Å². The van der Waals surface area contributed by atoms with Crippen LogP contribution in [0.5, 0.6) is 0 Å². The Kier molecular flexibility index (Phi) is 5.85. The van der Waals surface area contributed by atoms with Gasteiger partial charge in [-0.3, -0.25) is 4.98 Å². The van der Waals surface area contributed by atoms with Crippen LogP contribution in [0, 0.1) is 0 Å². The normalized spacial score (nSPS) is 12.4. The molecule has 1 heterocycles. The molecular weight excluding hydrogens is 359 g/mol. The molecule has 0 radical (unpaired) electrons. The van der Waals surface area contributed by atoms with Crippen LogP contribution in [0.2, 0.25) is 10.0 Å². The van der Waals surface area contributed by atoms with Crippen LogP contribution in [0.4, 0.5) is 0 Å². The van der Waals surface area contributed by atoms with Gasteiger partial charge in [-0.25, -0.2) is 0 Å². The van der Waals surface area contributed by atoms with E-state index >= 15 is 0 Å². The van der Waals surface area contributed by atoms with Crippen LogP contribution in [0.15, 0.2) is 41.0 Å². The molecule has 2 rings (SSSR count). The van der Waals surface area contributed by atoms with E-state index in [9.17, 15) is 0 Å². The molecular formula is C15H15BrCl2N2. The lowest BCUT2D eigenvalue weighted by Crippen LogP contribution is -2.24. The molecule has 1 N–H and O–H groups in total. The molecule has 0 aliphatic heterocycles. The summed E-state index contributed by atoms with van der Waals surface area (Å²) in [5.41, 5.74) is 1.93. The molecule has 0 saturated heterocycles. The summed E-state index contributed by atoms with van der Waals surface area (Å²) in [5.74, 6) is 0. The molecule has 2 aromatic rings. The van der Waals surface area contributed by atoms with Crippen LogP contribution in [-0.2, 0) is 6.42 Å². The minimum atomic E-state index is 0.0508. The van der Waals surface area contributed by atoms with E-state index in [-0.39, 0.29) is 6.04 Å². The van der Waals surface area contributed by atoms with Crippen LogP contribution in [0.1, 0.15) is 24.2 Å². The van der Waals surface area contributed by atoms with Gasteiger partial charge >= 0.3 is 0 Å². The largest absolute Gasteiger partial charge is 0.310 e. The van der Waals surface area contributed by atoms with Gasteiger partial charge in [0.05, 0.1) is 0 Å². The maximum absolute atomic E-state index is 6.30. The third-order valence-electron chi connectivity index (χ3n) is 3.00. The summed E-state index contributed by atoms with van der Waals surface area (Å²) in [4.78, 5) is 4.41. The highest BCUT2D eigenvalue weighted by Gasteiger charge is 2.18. The molecule has 1 unspecified atom stereocenters. The predicted molar refractivity (Wildman–Crippen MR) is 88.5 cm³/mol. The quantitative estimate of drug-likeness (QED) is 0.793. The van der Waals surface area contributed by atoms with Crippen molar-refractivity contribution in [1.82, 2.24) is 10.3 Å². The molecule has 1 atom stereocenters. The Morgan fingerprint density at radius 1 is 1.20 bits per heavy atom. The summed E-state index contributed by atoms with van der Waals surface area (Å²) in [6.07, 6.45) is 2.54. The molecule has 106 valence electrons. The van der Waals surface area contributed by atoms with Gasteiger partial charge in [-0.15, -0.1) is 0 Å². The van der Waals surface area contributed by atoms with E-state index in [0.717, 1.165) is 28.7 Å². The predicted octanol–water partition coefficient (Wildman–Crippen LogP) is 5.04. The molecule has 1 aromatic carbocycles. The zero-order chi connectivity index (χ0) is 14.5. The van der Waals surface area contributed by atoms with Crippen molar-refractivity contribution in [3.8, 4) is 0 Å². The van der Waals surface area contributed by atoms with Gasteiger partial charge in [-0.1, -0.05) is 36.2 Å². The Labute approximate surface area is 137 Å². The highest BCUT2D eigenvalue weighted by Crippen LogP contribution is 2.32. The van der Waals surface area contributed by atoms with Crippen molar-refractivity contribution in [2.45, 2.75) is 19.4 Å². The van der Waals surface area contributed by atoms with Gasteiger partial charge < -0.3 is 5.32 Å². The van der Waals surface area contributed by atoms with Crippen molar-refractivity contribution in [3.05, 3.63) is 62.3 Å². The van der Waals surface area contributed by atoms with Crippen molar-refractivity contribution in [3.63, 3.8) is 0 Å². The molecule has 1 aromatic heterocycles. The number of aromatic nitrogens is 1. The first-order valence-electron chi connectivity index (χ1n) is 6.39. The zero-order valence-corrected chi connectivity index (χ0v) is 14.1. The summed E-state index contributed by atoms with van der Waals surface area (Å²) in [6.45, 7) is 2.90. The summed E-state index contributed by atoms with van der Waals surface area (Å²) in [5, 5.41) is 4.79. The van der Waals surface area contributed by atoms with E-state index in [0.29, 0.717) is 10.0 Å². The van der Waals surface area contributed by atoms with Gasteiger partial charge in [0.15, 0.2) is 0 Å². The average Bonchev–Trinajstić information content (AvgIpc) is 2.41. The molecule has 0 spiro atoms. The summed E-state index contributed by atoms with van der Waals surface area (Å²) >= 11 is 16.0. The minimum absolute atomic E-state index is 0.0508. The van der Waals surface area contributed by atoms with Crippen LogP contribution in [0.25, 0.3) is 0 Å². The first kappa shape index (κ1) is 15.8. The van der Waals surface area contributed by atoms with Crippen molar-refractivity contribution < 1.29 is 0 Å². The Balaban J connectivity index is 2.29. The van der Waals surface area contributed by atoms with Gasteiger partial charge in [0, 0.05) is 44.4 Å². The van der Waals surface area contributed by atoms with Crippen molar-refractivity contribution in [1.29, 1.82) is 0 Å². The average molecular weight is 374 g/mol. The van der Waals surface area contributed by atoms with Crippen molar-refractivity contribution in [2.75, 3.05) is 6.54 Å². The second-order valence-electron chi connectivity index (χ2n) is 4.42. The minimum Gasteiger partial charge on any atom is -0.310 e. The Morgan fingerprint density at radius 2 is 1.90 bits per heavy atom. The summed E-state index contributed by atoms with van der Waals surface area (Å²) < 4.78 is 0.969. The third kappa shape index (κ3) is 3.95. The van der Waals surface area contributed by atoms with E-state index in [4.69, 9.17) is 23.2 Å². The van der Waals surface area contributed by atoms with Crippen LogP contribution in [-0.4, -0.2) is 11.5 Å². The first-order chi connectivity index (χ1) is 9.61. The Hall–Kier alpha value is -0.610. The lowest BCUT2D eigenvalue weighted by molar-refractivity contribution is 0.544. The van der Waals surface area contributed by atoms with Crippen molar-refractivity contribution in [2.24, 2.45) is 0 Å². The maximum Gasteiger partial charge on any atom is 0.0468 e. The number of benzene rings is 1. The summed E-state index contributed by atoms with van der Waals surface area (Å²) in [6, 6.07) is 9.62. The van der Waals surface area contributed by atoms with Crippen LogP contribution in [0.3, 0.4) is 0 Å². The number of pyridine rings is 1. The fourth-order valence-electron chi connectivity index (χ4n) is 2.10. The molecule has 0 bridgehead atoms. The topological polar surface area (TPSA) is 24.9 Å². The molecule has 2 nitrogen and oxygen atoms in total. The van der Waals surface area contributed by atoms with Gasteiger partial charge in [0.25, 0.3) is 0 Å². The first-order valence-corrected chi connectivity index (χ1v) is 7.94. The molecule has 0 aliphatic rings. The highest BCUT2D eigenvalue weighted by atomic mass is 79.9. The van der Waals surface area contributed by atoms with Gasteiger partial charge in [-0.2, -0.15) is 0 Å². The van der Waals surface area contributed by atoms with E-state index in [1.165, 1.54) is 0 Å². The Bertz CT molecular complexity index is 552. The van der Waals surface area contributed by atoms with Gasteiger partial charge in [-0.05, 0) is 46.7 Å². The monoisotopic (exact) mass is 372 g/mol. The number of nitrogens with one attached hydrogen (secondary N) is 1. The lowest BCUT2D eigenvalue weighted by atomic mass is 10.0. The molecule has 20 heavy (non-hydrogen) atoms. The molecule has 0 saturated carbocycles. The molecule has 5 heteroatoms. The fraction of sp³-hybridized carbons (Fsp3) is 0.267. The number of hydrogen-bond acceptors (Lipinski definition) is 2. The number of nitrogens with zero attached hydrogens (tertiary/aromatic N) is 1. The SMILES string of the molecule is CCNC(Cc1ccc(Br)cn1)c1c(Cl)cccc1Cl. The third-order valence-corrected chi connectivity index (χ3v) is 4.13. The van der Waals surface area contributed by atoms with Crippen LogP contribution < -0.4 is 5.32 Å². The molecule has 0 fully saturated rings. The second kappa shape index (κ2) is 7.41. The number of likely N-dealkylation sites (N-methyl/N-ethyl adjacent to an activating group) is 1. The number of halogens is 3. The lowest BCUT2D eigenvalue weighted by Gasteiger charge is -2.20. The van der Waals surface area contributed by atoms with Crippen molar-refractivity contribution >= 4 is 39.1 Å². The number of rotatable bonds is 5. The van der Waals surface area contributed by atoms with E-state index in [1.54, 1.807) is 6.20 Å². The second-order valence-corrected chi connectivity index (χ2v) is 6.15. The standard InChI is InChI=1S/C15H15BrCl2N2/c1-2-19-14(8-11-7-6-10(16)9-20-11)15-12(17)4-3-5-13(15)18/h3-7,9,14,19H,2,8H2,1H3. The Morgan fingerprint density at radius 3 is 2.45 bits per heavy atom. The number of hydrogen-bond donors (Lipinski definition) is 1. The highest BCUT2D eigenvalue weighted by molar-refractivity contribution is 9.10. The molecule has 0 aliphatic carbocycles. The zero-order valence-electron chi connectivity index (χ0n) is 11.0.